The number of anilines is 1. The Labute approximate surface area is 113 Å². The monoisotopic (exact) mass is 269 g/mol. The highest BCUT2D eigenvalue weighted by atomic mass is 35.5. The molecule has 3 N–H and O–H groups in total. The Balaban J connectivity index is 2.65. The Morgan fingerprint density at radius 1 is 1.50 bits per heavy atom. The second-order valence-corrected chi connectivity index (χ2v) is 5.08. The van der Waals surface area contributed by atoms with Crippen molar-refractivity contribution in [2.24, 2.45) is 0 Å². The molecule has 0 saturated carbocycles. The van der Waals surface area contributed by atoms with Gasteiger partial charge in [-0.2, -0.15) is 0 Å². The summed E-state index contributed by atoms with van der Waals surface area (Å²) in [6.45, 7) is 2.88. The molecule has 0 saturated heterocycles. The van der Waals surface area contributed by atoms with Crippen LogP contribution in [0.3, 0.4) is 0 Å². The largest absolute Gasteiger partial charge is 0.398 e. The van der Waals surface area contributed by atoms with E-state index in [-0.39, 0.29) is 11.9 Å². The van der Waals surface area contributed by atoms with Gasteiger partial charge in [-0.15, -0.1) is 0 Å². The lowest BCUT2D eigenvalue weighted by Gasteiger charge is -2.17. The normalized spacial score (nSPS) is 12.5. The molecule has 0 radical (unpaired) electrons. The van der Waals surface area contributed by atoms with Gasteiger partial charge in [-0.1, -0.05) is 17.7 Å². The Kier molecular flexibility index (Phi) is 5.44. The number of nitrogens with zero attached hydrogens (tertiary/aromatic N) is 1. The van der Waals surface area contributed by atoms with Crippen LogP contribution in [-0.4, -0.2) is 37.5 Å². The lowest BCUT2D eigenvalue weighted by Crippen LogP contribution is -2.35. The third-order valence-corrected chi connectivity index (χ3v) is 2.97. The van der Waals surface area contributed by atoms with Crippen LogP contribution in [-0.2, 0) is 0 Å². The number of amides is 1. The third kappa shape index (κ3) is 4.20. The van der Waals surface area contributed by atoms with Crippen molar-refractivity contribution in [1.82, 2.24) is 10.2 Å². The molecule has 18 heavy (non-hydrogen) atoms. The zero-order valence-corrected chi connectivity index (χ0v) is 11.8. The average molecular weight is 270 g/mol. The lowest BCUT2D eigenvalue weighted by molar-refractivity contribution is 0.0938. The highest BCUT2D eigenvalue weighted by molar-refractivity contribution is 6.34. The second-order valence-electron chi connectivity index (χ2n) is 4.67. The maximum absolute atomic E-state index is 12.1. The van der Waals surface area contributed by atoms with Gasteiger partial charge in [0, 0.05) is 11.7 Å². The highest BCUT2D eigenvalue weighted by Gasteiger charge is 2.15. The molecule has 1 amide bonds. The van der Waals surface area contributed by atoms with Crippen molar-refractivity contribution in [3.05, 3.63) is 28.8 Å². The summed E-state index contributed by atoms with van der Waals surface area (Å²) in [5.74, 6) is -0.218. The fraction of sp³-hybridized carbons (Fsp3) is 0.462. The Bertz CT molecular complexity index is 400. The quantitative estimate of drug-likeness (QED) is 0.804. The molecule has 1 rings (SSSR count). The number of rotatable bonds is 5. The average Bonchev–Trinajstić information content (AvgIpc) is 2.26. The molecule has 4 nitrogen and oxygen atoms in total. The molecule has 1 unspecified atom stereocenters. The minimum absolute atomic E-state index is 0.0792. The summed E-state index contributed by atoms with van der Waals surface area (Å²) in [6, 6.07) is 5.14. The number of nitrogens with one attached hydrogen (secondary N) is 1. The minimum Gasteiger partial charge on any atom is -0.398 e. The molecule has 0 aliphatic rings. The molecule has 0 aliphatic carbocycles. The summed E-state index contributed by atoms with van der Waals surface area (Å²) in [5, 5.41) is 3.28. The van der Waals surface area contributed by atoms with Gasteiger partial charge in [0.1, 0.15) is 0 Å². The van der Waals surface area contributed by atoms with Crippen molar-refractivity contribution in [3.8, 4) is 0 Å². The Morgan fingerprint density at radius 3 is 2.72 bits per heavy atom. The summed E-state index contributed by atoms with van der Waals surface area (Å²) < 4.78 is 0. The van der Waals surface area contributed by atoms with Crippen LogP contribution in [0.1, 0.15) is 23.7 Å². The fourth-order valence-electron chi connectivity index (χ4n) is 1.60. The van der Waals surface area contributed by atoms with Crippen LogP contribution in [0.2, 0.25) is 5.02 Å². The van der Waals surface area contributed by atoms with Gasteiger partial charge in [0.15, 0.2) is 0 Å². The van der Waals surface area contributed by atoms with Gasteiger partial charge >= 0.3 is 0 Å². The maximum atomic E-state index is 12.1. The number of hydrogen-bond acceptors (Lipinski definition) is 3. The molecule has 0 spiro atoms. The first kappa shape index (κ1) is 14.8. The van der Waals surface area contributed by atoms with Crippen molar-refractivity contribution >= 4 is 23.2 Å². The van der Waals surface area contributed by atoms with Crippen LogP contribution >= 0.6 is 11.6 Å². The predicted octanol–water partition coefficient (Wildman–Crippen LogP) is 1.99. The van der Waals surface area contributed by atoms with Crippen LogP contribution in [0.25, 0.3) is 0 Å². The van der Waals surface area contributed by atoms with Crippen LogP contribution in [0.15, 0.2) is 18.2 Å². The number of nitrogen functional groups attached to an aromatic ring is 1. The van der Waals surface area contributed by atoms with Gasteiger partial charge in [-0.3, -0.25) is 4.79 Å². The van der Waals surface area contributed by atoms with E-state index in [1.54, 1.807) is 18.2 Å². The molecular weight excluding hydrogens is 250 g/mol. The maximum Gasteiger partial charge on any atom is 0.255 e. The van der Waals surface area contributed by atoms with Crippen molar-refractivity contribution in [2.75, 3.05) is 26.4 Å². The second kappa shape index (κ2) is 6.61. The number of carbonyl (C=O) groups is 1. The summed E-state index contributed by atoms with van der Waals surface area (Å²) in [4.78, 5) is 14.1. The molecule has 1 aromatic carbocycles. The van der Waals surface area contributed by atoms with E-state index in [9.17, 15) is 4.79 Å². The Hall–Kier alpha value is -1.26. The van der Waals surface area contributed by atoms with Crippen LogP contribution in [0.4, 0.5) is 5.69 Å². The zero-order chi connectivity index (χ0) is 13.7. The number of hydrogen-bond donors (Lipinski definition) is 2. The van der Waals surface area contributed by atoms with Gasteiger partial charge in [0.05, 0.1) is 10.6 Å². The Morgan fingerprint density at radius 2 is 2.17 bits per heavy atom. The van der Waals surface area contributed by atoms with Gasteiger partial charge in [0.25, 0.3) is 5.91 Å². The van der Waals surface area contributed by atoms with Gasteiger partial charge in [0.2, 0.25) is 0 Å². The molecule has 1 aromatic rings. The summed E-state index contributed by atoms with van der Waals surface area (Å²) >= 11 is 5.99. The van der Waals surface area contributed by atoms with Crippen molar-refractivity contribution in [3.63, 3.8) is 0 Å². The van der Waals surface area contributed by atoms with Crippen LogP contribution < -0.4 is 11.1 Å². The first-order valence-corrected chi connectivity index (χ1v) is 6.29. The fourth-order valence-corrected chi connectivity index (χ4v) is 1.87. The molecule has 100 valence electrons. The third-order valence-electron chi connectivity index (χ3n) is 2.66. The van der Waals surface area contributed by atoms with E-state index in [1.165, 1.54) is 0 Å². The van der Waals surface area contributed by atoms with Crippen molar-refractivity contribution in [2.45, 2.75) is 19.4 Å². The summed E-state index contributed by atoms with van der Waals surface area (Å²) in [5.41, 5.74) is 6.53. The molecule has 0 aliphatic heterocycles. The molecule has 5 heteroatoms. The molecule has 0 heterocycles. The van der Waals surface area contributed by atoms with Crippen molar-refractivity contribution < 1.29 is 4.79 Å². The van der Waals surface area contributed by atoms with Crippen molar-refractivity contribution in [1.29, 1.82) is 0 Å². The lowest BCUT2D eigenvalue weighted by atomic mass is 10.1. The zero-order valence-electron chi connectivity index (χ0n) is 11.0. The number of nitrogens with two attached hydrogens (primary N) is 1. The van der Waals surface area contributed by atoms with E-state index in [1.807, 2.05) is 21.0 Å². The molecule has 1 atom stereocenters. The summed E-state index contributed by atoms with van der Waals surface area (Å²) in [6.07, 6.45) is 0.878. The first-order valence-electron chi connectivity index (χ1n) is 5.91. The highest BCUT2D eigenvalue weighted by Crippen LogP contribution is 2.21. The van der Waals surface area contributed by atoms with E-state index in [2.05, 4.69) is 10.2 Å². The standard InChI is InChI=1S/C13H20ClN3O/c1-9(7-8-17(2)3)16-13(18)12-10(14)5-4-6-11(12)15/h4-6,9H,7-8,15H2,1-3H3,(H,16,18). The van der Waals surface area contributed by atoms with E-state index < -0.39 is 0 Å². The predicted molar refractivity (Wildman–Crippen MR) is 76.0 cm³/mol. The van der Waals surface area contributed by atoms with Crippen LogP contribution in [0, 0.1) is 0 Å². The van der Waals surface area contributed by atoms with E-state index in [4.69, 9.17) is 17.3 Å². The number of carbonyl (C=O) groups excluding carboxylic acids is 1. The number of halogens is 1. The summed E-state index contributed by atoms with van der Waals surface area (Å²) in [7, 11) is 4.00. The van der Waals surface area contributed by atoms with Gasteiger partial charge in [-0.05, 0) is 46.1 Å². The molecule has 0 aromatic heterocycles. The SMILES string of the molecule is CC(CCN(C)C)NC(=O)c1c(N)cccc1Cl. The van der Waals surface area contributed by atoms with E-state index >= 15 is 0 Å². The smallest absolute Gasteiger partial charge is 0.255 e. The van der Waals surface area contributed by atoms with Crippen LogP contribution in [0.5, 0.6) is 0 Å². The first-order chi connectivity index (χ1) is 8.41. The molecule has 0 fully saturated rings. The van der Waals surface area contributed by atoms with E-state index in [0.29, 0.717) is 16.3 Å². The minimum atomic E-state index is -0.218. The van der Waals surface area contributed by atoms with E-state index in [0.717, 1.165) is 13.0 Å². The van der Waals surface area contributed by atoms with Gasteiger partial charge < -0.3 is 16.0 Å². The molecule has 0 bridgehead atoms. The topological polar surface area (TPSA) is 58.4 Å². The van der Waals surface area contributed by atoms with Gasteiger partial charge in [-0.25, -0.2) is 0 Å². The number of benzene rings is 1. The molecular formula is C13H20ClN3O.